The number of unbranched alkanes of at least 4 members (excludes halogenated alkanes) is 32. The van der Waals surface area contributed by atoms with Gasteiger partial charge in [-0.3, -0.25) is 0 Å². The van der Waals surface area contributed by atoms with Crippen LogP contribution >= 0.6 is 0 Å². The molecule has 0 spiro atoms. The average Bonchev–Trinajstić information content (AvgIpc) is 3.10. The highest BCUT2D eigenvalue weighted by atomic mass is 14.0. The van der Waals surface area contributed by atoms with Crippen molar-refractivity contribution >= 4 is 0 Å². The molecule has 0 saturated heterocycles. The predicted octanol–water partition coefficient (Wildman–Crippen LogP) is 14.3. The van der Waals surface area contributed by atoms with Gasteiger partial charge in [-0.2, -0.15) is 0 Å². The van der Waals surface area contributed by atoms with Gasteiger partial charge in [-0.25, -0.2) is 0 Å². The van der Waals surface area contributed by atoms with E-state index >= 15 is 0 Å². The Morgan fingerprint density at radius 1 is 0.188 bits per heavy atom. The zero-order valence-electron chi connectivity index (χ0n) is 32.0. The molecule has 0 N–H and O–H groups in total. The van der Waals surface area contributed by atoms with Crippen LogP contribution in [0.1, 0.15) is 232 Å². The molecule has 0 unspecified atom stereocenters. The summed E-state index contributed by atoms with van der Waals surface area (Å²) in [4.78, 5) is 0. The monoisotopic (exact) mass is 651 g/mol. The van der Waals surface area contributed by atoms with Crippen molar-refractivity contribution in [2.75, 3.05) is 0 Å². The van der Waals surface area contributed by atoms with Crippen molar-refractivity contribution in [2.24, 2.45) is 0 Å². The molecule has 0 saturated carbocycles. The third-order valence-corrected chi connectivity index (χ3v) is 9.05. The summed E-state index contributed by atoms with van der Waals surface area (Å²) in [5, 5.41) is 0. The van der Waals surface area contributed by atoms with Crippen LogP contribution in [0.25, 0.3) is 0 Å². The fourth-order valence-electron chi connectivity index (χ4n) is 5.99. The zero-order chi connectivity index (χ0) is 34.5. The van der Waals surface area contributed by atoms with Crippen molar-refractivity contribution in [3.05, 3.63) is 0 Å². The summed E-state index contributed by atoms with van der Waals surface area (Å²) in [7, 11) is 0. The second-order valence-electron chi connectivity index (χ2n) is 13.7. The molecule has 0 aliphatic carbocycles. The highest BCUT2D eigenvalue weighted by molar-refractivity contribution is 5.44. The first-order chi connectivity index (χ1) is 23.9. The molecule has 0 aromatic rings. The summed E-state index contributed by atoms with van der Waals surface area (Å²) in [5.41, 5.74) is 0. The molecule has 48 heavy (non-hydrogen) atoms. The molecule has 0 rings (SSSR count). The maximum Gasteiger partial charge on any atom is 0.00989 e. The SMILES string of the molecule is CCCCCCCCCCCCCCCCCCC#CC#CC#CC#CC#CC#CCCCCCCCCCCCCCCCCCC. The largest absolute Gasteiger partial charge is 0.0891 e. The number of hydrogen-bond donors (Lipinski definition) is 0. The summed E-state index contributed by atoms with van der Waals surface area (Å²) in [6.07, 6.45) is 46.4. The van der Waals surface area contributed by atoms with E-state index in [1.165, 1.54) is 205 Å². The molecule has 0 aliphatic heterocycles. The minimum atomic E-state index is 0.927. The number of rotatable bonds is 32. The maximum atomic E-state index is 3.14. The Kier molecular flexibility index (Phi) is 41.9. The number of hydrogen-bond acceptors (Lipinski definition) is 0. The van der Waals surface area contributed by atoms with Crippen molar-refractivity contribution in [3.8, 4) is 71.0 Å². The molecule has 266 valence electrons. The first kappa shape index (κ1) is 45.4. The third-order valence-electron chi connectivity index (χ3n) is 9.05. The van der Waals surface area contributed by atoms with Crippen LogP contribution in [-0.4, -0.2) is 0 Å². The molecular formula is C48H74. The minimum absolute atomic E-state index is 0.927. The lowest BCUT2D eigenvalue weighted by Crippen LogP contribution is -1.83. The van der Waals surface area contributed by atoms with Crippen LogP contribution in [-0.2, 0) is 0 Å². The Balaban J connectivity index is 3.50. The smallest absolute Gasteiger partial charge is 0.00989 e. The van der Waals surface area contributed by atoms with Gasteiger partial charge in [0.2, 0.25) is 0 Å². The lowest BCUT2D eigenvalue weighted by Gasteiger charge is -2.03. The van der Waals surface area contributed by atoms with E-state index in [0.29, 0.717) is 0 Å². The van der Waals surface area contributed by atoms with E-state index in [-0.39, 0.29) is 0 Å². The van der Waals surface area contributed by atoms with E-state index in [0.717, 1.165) is 12.8 Å². The summed E-state index contributed by atoms with van der Waals surface area (Å²) >= 11 is 0. The molecule has 0 atom stereocenters. The lowest BCUT2D eigenvalue weighted by atomic mass is 10.0. The van der Waals surface area contributed by atoms with E-state index in [9.17, 15) is 0 Å². The van der Waals surface area contributed by atoms with Gasteiger partial charge in [0, 0.05) is 12.8 Å². The van der Waals surface area contributed by atoms with E-state index in [4.69, 9.17) is 0 Å². The van der Waals surface area contributed by atoms with Gasteiger partial charge in [-0.15, -0.1) is 0 Å². The standard InChI is InChI=1S/C48H74/c1-3-5-7-9-11-13-15-17-19-21-23-25-27-29-31-33-35-37-39-41-43-45-47-48-46-44-42-40-38-36-34-32-30-28-26-24-22-20-18-16-14-12-10-8-6-4-2/h3-36H2,1-2H3. The lowest BCUT2D eigenvalue weighted by molar-refractivity contribution is 0.530. The average molecular weight is 651 g/mol. The second kappa shape index (κ2) is 44.4. The van der Waals surface area contributed by atoms with E-state index in [1.807, 2.05) is 0 Å². The van der Waals surface area contributed by atoms with Crippen molar-refractivity contribution in [3.63, 3.8) is 0 Å². The van der Waals surface area contributed by atoms with E-state index in [2.05, 4.69) is 84.9 Å². The third kappa shape index (κ3) is 43.4. The molecule has 0 radical (unpaired) electrons. The molecule has 0 aliphatic rings. The van der Waals surface area contributed by atoms with Gasteiger partial charge in [0.1, 0.15) is 0 Å². The van der Waals surface area contributed by atoms with Crippen molar-refractivity contribution in [1.82, 2.24) is 0 Å². The molecule has 0 amide bonds. The first-order valence-corrected chi connectivity index (χ1v) is 20.9. The molecule has 0 nitrogen and oxygen atoms in total. The summed E-state index contributed by atoms with van der Waals surface area (Å²) in [5.74, 6) is 34.0. The summed E-state index contributed by atoms with van der Waals surface area (Å²) in [6, 6.07) is 0. The Hall–Kier alpha value is -2.64. The Bertz CT molecular complexity index is 963. The second-order valence-corrected chi connectivity index (χ2v) is 13.7. The summed E-state index contributed by atoms with van der Waals surface area (Å²) in [6.45, 7) is 4.58. The molecule has 0 aromatic carbocycles. The van der Waals surface area contributed by atoms with Gasteiger partial charge in [-0.1, -0.05) is 218 Å². The van der Waals surface area contributed by atoms with Gasteiger partial charge >= 0.3 is 0 Å². The summed E-state index contributed by atoms with van der Waals surface area (Å²) < 4.78 is 0. The van der Waals surface area contributed by atoms with Crippen LogP contribution in [0.2, 0.25) is 0 Å². The molecule has 0 bridgehead atoms. The molecule has 0 fully saturated rings. The normalized spacial score (nSPS) is 9.62. The predicted molar refractivity (Wildman–Crippen MR) is 215 cm³/mol. The van der Waals surface area contributed by atoms with Gasteiger partial charge < -0.3 is 0 Å². The van der Waals surface area contributed by atoms with Crippen LogP contribution in [0, 0.1) is 71.0 Å². The Morgan fingerprint density at radius 3 is 0.562 bits per heavy atom. The Morgan fingerprint density at radius 2 is 0.354 bits per heavy atom. The van der Waals surface area contributed by atoms with Gasteiger partial charge in [0.15, 0.2) is 0 Å². The van der Waals surface area contributed by atoms with Gasteiger partial charge in [0.05, 0.1) is 0 Å². The van der Waals surface area contributed by atoms with Crippen LogP contribution in [0.5, 0.6) is 0 Å². The molecule has 0 heterocycles. The van der Waals surface area contributed by atoms with Crippen molar-refractivity contribution in [1.29, 1.82) is 0 Å². The minimum Gasteiger partial charge on any atom is -0.0891 e. The zero-order valence-corrected chi connectivity index (χ0v) is 32.0. The van der Waals surface area contributed by atoms with Crippen molar-refractivity contribution in [2.45, 2.75) is 232 Å². The highest BCUT2D eigenvalue weighted by Gasteiger charge is 1.96. The quantitative estimate of drug-likeness (QED) is 0.0502. The van der Waals surface area contributed by atoms with Crippen LogP contribution in [0.4, 0.5) is 0 Å². The maximum absolute atomic E-state index is 3.14. The van der Waals surface area contributed by atoms with E-state index < -0.39 is 0 Å². The molecular weight excluding hydrogens is 577 g/mol. The topological polar surface area (TPSA) is 0 Å². The van der Waals surface area contributed by atoms with E-state index in [1.54, 1.807) is 0 Å². The van der Waals surface area contributed by atoms with Crippen LogP contribution in [0.3, 0.4) is 0 Å². The van der Waals surface area contributed by atoms with Gasteiger partial charge in [0.25, 0.3) is 0 Å². The molecule has 0 heteroatoms. The highest BCUT2D eigenvalue weighted by Crippen LogP contribution is 2.15. The molecule has 0 aromatic heterocycles. The first-order valence-electron chi connectivity index (χ1n) is 20.9. The van der Waals surface area contributed by atoms with Crippen molar-refractivity contribution < 1.29 is 0 Å². The fraction of sp³-hybridized carbons (Fsp3) is 0.750. The fourth-order valence-corrected chi connectivity index (χ4v) is 5.99. The van der Waals surface area contributed by atoms with Crippen LogP contribution < -0.4 is 0 Å². The van der Waals surface area contributed by atoms with Gasteiger partial charge in [-0.05, 0) is 72.0 Å². The Labute approximate surface area is 302 Å². The van der Waals surface area contributed by atoms with Crippen LogP contribution in [0.15, 0.2) is 0 Å².